The molecule has 0 bridgehead atoms. The summed E-state index contributed by atoms with van der Waals surface area (Å²) in [6, 6.07) is 0. The summed E-state index contributed by atoms with van der Waals surface area (Å²) in [6.07, 6.45) is 3.24. The van der Waals surface area contributed by atoms with Crippen LogP contribution in [0.15, 0.2) is 5.38 Å². The van der Waals surface area contributed by atoms with E-state index in [-0.39, 0.29) is 6.10 Å². The van der Waals surface area contributed by atoms with Crippen molar-refractivity contribution >= 4 is 11.3 Å². The van der Waals surface area contributed by atoms with E-state index in [2.05, 4.69) is 18.8 Å². The SMILES string of the molecule is Cc1nc(C(O)C2CC(C)CC(C)C2)cs1. The van der Waals surface area contributed by atoms with Crippen LogP contribution in [0.25, 0.3) is 0 Å². The predicted molar refractivity (Wildman–Crippen MR) is 67.5 cm³/mol. The van der Waals surface area contributed by atoms with E-state index in [4.69, 9.17) is 0 Å². The van der Waals surface area contributed by atoms with Crippen LogP contribution in [-0.2, 0) is 0 Å². The second-order valence-corrected chi connectivity index (χ2v) is 6.48. The van der Waals surface area contributed by atoms with Gasteiger partial charge in [0.2, 0.25) is 0 Å². The van der Waals surface area contributed by atoms with Gasteiger partial charge < -0.3 is 5.11 Å². The second kappa shape index (κ2) is 4.84. The Hall–Kier alpha value is -0.410. The molecule has 0 radical (unpaired) electrons. The summed E-state index contributed by atoms with van der Waals surface area (Å²) < 4.78 is 0. The largest absolute Gasteiger partial charge is 0.386 e. The molecular weight excluding hydrogens is 218 g/mol. The molecule has 2 nitrogen and oxygen atoms in total. The van der Waals surface area contributed by atoms with Gasteiger partial charge in [-0.05, 0) is 43.9 Å². The maximum Gasteiger partial charge on any atom is 0.0996 e. The van der Waals surface area contributed by atoms with Crippen LogP contribution < -0.4 is 0 Å². The van der Waals surface area contributed by atoms with Gasteiger partial charge in [-0.1, -0.05) is 13.8 Å². The van der Waals surface area contributed by atoms with Crippen molar-refractivity contribution in [2.75, 3.05) is 0 Å². The lowest BCUT2D eigenvalue weighted by Gasteiger charge is -2.33. The lowest BCUT2D eigenvalue weighted by atomic mass is 9.74. The lowest BCUT2D eigenvalue weighted by Crippen LogP contribution is -2.24. The van der Waals surface area contributed by atoms with Gasteiger partial charge in [-0.25, -0.2) is 4.98 Å². The molecule has 16 heavy (non-hydrogen) atoms. The van der Waals surface area contributed by atoms with Gasteiger partial charge in [-0.3, -0.25) is 0 Å². The third-order valence-corrected chi connectivity index (χ3v) is 4.39. The minimum absolute atomic E-state index is 0.352. The predicted octanol–water partition coefficient (Wildman–Crippen LogP) is 3.56. The lowest BCUT2D eigenvalue weighted by molar-refractivity contribution is 0.0525. The first kappa shape index (κ1) is 12.1. The van der Waals surface area contributed by atoms with Crippen LogP contribution in [0.1, 0.15) is 49.9 Å². The van der Waals surface area contributed by atoms with Gasteiger partial charge in [-0.2, -0.15) is 0 Å². The second-order valence-electron chi connectivity index (χ2n) is 5.41. The number of hydrogen-bond donors (Lipinski definition) is 1. The molecule has 1 saturated carbocycles. The Balaban J connectivity index is 2.06. The molecule has 1 heterocycles. The van der Waals surface area contributed by atoms with E-state index >= 15 is 0 Å². The molecule has 3 heteroatoms. The van der Waals surface area contributed by atoms with Gasteiger partial charge in [0.25, 0.3) is 0 Å². The molecule has 1 aromatic heterocycles. The standard InChI is InChI=1S/C13H21NOS/c1-8-4-9(2)6-11(5-8)13(15)12-7-16-10(3)14-12/h7-9,11,13,15H,4-6H2,1-3H3. The Labute approximate surface area is 102 Å². The number of aliphatic hydroxyl groups excluding tert-OH is 1. The molecule has 0 aliphatic heterocycles. The molecule has 0 spiro atoms. The highest BCUT2D eigenvalue weighted by molar-refractivity contribution is 7.09. The molecule has 2 rings (SSSR count). The average Bonchev–Trinajstić information content (AvgIpc) is 2.62. The van der Waals surface area contributed by atoms with Crippen molar-refractivity contribution in [2.45, 2.75) is 46.1 Å². The highest BCUT2D eigenvalue weighted by Gasteiger charge is 2.30. The maximum absolute atomic E-state index is 10.3. The van der Waals surface area contributed by atoms with Crippen LogP contribution in [-0.4, -0.2) is 10.1 Å². The number of aromatic nitrogens is 1. The van der Waals surface area contributed by atoms with Gasteiger partial charge >= 0.3 is 0 Å². The Morgan fingerprint density at radius 1 is 1.31 bits per heavy atom. The van der Waals surface area contributed by atoms with Crippen LogP contribution in [0.2, 0.25) is 0 Å². The summed E-state index contributed by atoms with van der Waals surface area (Å²) in [7, 11) is 0. The Bertz CT molecular complexity index is 339. The third kappa shape index (κ3) is 2.64. The van der Waals surface area contributed by atoms with E-state index in [0.717, 1.165) is 35.4 Å². The number of rotatable bonds is 2. The molecule has 0 saturated heterocycles. The van der Waals surface area contributed by atoms with Crippen molar-refractivity contribution in [1.82, 2.24) is 4.98 Å². The van der Waals surface area contributed by atoms with Crippen molar-refractivity contribution in [2.24, 2.45) is 17.8 Å². The normalized spacial score (nSPS) is 32.6. The number of nitrogens with zero attached hydrogens (tertiary/aromatic N) is 1. The first-order valence-electron chi connectivity index (χ1n) is 6.16. The zero-order valence-corrected chi connectivity index (χ0v) is 11.1. The molecule has 1 fully saturated rings. The molecule has 0 amide bonds. The van der Waals surface area contributed by atoms with E-state index in [9.17, 15) is 5.11 Å². The van der Waals surface area contributed by atoms with Gasteiger partial charge in [0.05, 0.1) is 16.8 Å². The summed E-state index contributed by atoms with van der Waals surface area (Å²) in [4.78, 5) is 4.40. The van der Waals surface area contributed by atoms with Crippen LogP contribution in [0, 0.1) is 24.7 Å². The van der Waals surface area contributed by atoms with Crippen LogP contribution >= 0.6 is 11.3 Å². The molecule has 3 atom stereocenters. The molecule has 3 unspecified atom stereocenters. The van der Waals surface area contributed by atoms with Crippen molar-refractivity contribution in [3.63, 3.8) is 0 Å². The molecule has 0 aromatic carbocycles. The fourth-order valence-corrected chi connectivity index (χ4v) is 3.67. The molecule has 90 valence electrons. The number of hydrogen-bond acceptors (Lipinski definition) is 3. The quantitative estimate of drug-likeness (QED) is 0.856. The van der Waals surface area contributed by atoms with Gasteiger partial charge in [-0.15, -0.1) is 11.3 Å². The van der Waals surface area contributed by atoms with Crippen molar-refractivity contribution in [3.05, 3.63) is 16.1 Å². The molecule has 1 N–H and O–H groups in total. The minimum atomic E-state index is -0.352. The maximum atomic E-state index is 10.3. The Morgan fingerprint density at radius 2 is 1.94 bits per heavy atom. The molecular formula is C13H21NOS. The topological polar surface area (TPSA) is 33.1 Å². The van der Waals surface area contributed by atoms with E-state index in [0.29, 0.717) is 5.92 Å². The van der Waals surface area contributed by atoms with Crippen molar-refractivity contribution in [3.8, 4) is 0 Å². The first-order valence-corrected chi connectivity index (χ1v) is 7.04. The highest BCUT2D eigenvalue weighted by Crippen LogP contribution is 2.39. The third-order valence-electron chi connectivity index (χ3n) is 3.60. The fourth-order valence-electron chi connectivity index (χ4n) is 3.02. The van der Waals surface area contributed by atoms with Crippen LogP contribution in [0.4, 0.5) is 0 Å². The fraction of sp³-hybridized carbons (Fsp3) is 0.769. The van der Waals surface area contributed by atoms with E-state index in [1.807, 2.05) is 12.3 Å². The molecule has 1 aromatic rings. The molecule has 1 aliphatic rings. The zero-order chi connectivity index (χ0) is 11.7. The summed E-state index contributed by atoms with van der Waals surface area (Å²) in [5.74, 6) is 1.88. The summed E-state index contributed by atoms with van der Waals surface area (Å²) in [6.45, 7) is 6.58. The van der Waals surface area contributed by atoms with Gasteiger partial charge in [0.1, 0.15) is 0 Å². The monoisotopic (exact) mass is 239 g/mol. The van der Waals surface area contributed by atoms with Gasteiger partial charge in [0.15, 0.2) is 0 Å². The number of aliphatic hydroxyl groups is 1. The van der Waals surface area contributed by atoms with Crippen molar-refractivity contribution in [1.29, 1.82) is 0 Å². The zero-order valence-electron chi connectivity index (χ0n) is 10.3. The summed E-state index contributed by atoms with van der Waals surface area (Å²) in [5, 5.41) is 13.4. The molecule has 1 aliphatic carbocycles. The smallest absolute Gasteiger partial charge is 0.0996 e. The minimum Gasteiger partial charge on any atom is -0.386 e. The van der Waals surface area contributed by atoms with Crippen LogP contribution in [0.3, 0.4) is 0 Å². The van der Waals surface area contributed by atoms with E-state index < -0.39 is 0 Å². The van der Waals surface area contributed by atoms with Crippen molar-refractivity contribution < 1.29 is 5.11 Å². The Morgan fingerprint density at radius 3 is 2.44 bits per heavy atom. The Kier molecular flexibility index (Phi) is 3.65. The summed E-state index contributed by atoms with van der Waals surface area (Å²) >= 11 is 1.63. The first-order chi connectivity index (χ1) is 7.56. The number of thiazole rings is 1. The van der Waals surface area contributed by atoms with Crippen LogP contribution in [0.5, 0.6) is 0 Å². The van der Waals surface area contributed by atoms with Gasteiger partial charge in [0, 0.05) is 5.38 Å². The average molecular weight is 239 g/mol. The van der Waals surface area contributed by atoms with E-state index in [1.165, 1.54) is 6.42 Å². The van der Waals surface area contributed by atoms with E-state index in [1.54, 1.807) is 11.3 Å². The summed E-state index contributed by atoms with van der Waals surface area (Å²) in [5.41, 5.74) is 0.883. The highest BCUT2D eigenvalue weighted by atomic mass is 32.1. The number of aryl methyl sites for hydroxylation is 1.